The lowest BCUT2D eigenvalue weighted by Gasteiger charge is -2.49. The maximum absolute atomic E-state index is 13.2. The molecule has 20 nitrogen and oxygen atoms in total. The first-order chi connectivity index (χ1) is 21.7. The third-order valence-electron chi connectivity index (χ3n) is 9.03. The van der Waals surface area contributed by atoms with E-state index >= 15 is 0 Å². The van der Waals surface area contributed by atoms with Crippen molar-refractivity contribution in [1.29, 1.82) is 0 Å². The molecular weight excluding hydrogens is 614 g/mol. The fraction of sp³-hybridized carbons (Fsp3) is 0.923. The summed E-state index contributed by atoms with van der Waals surface area (Å²) < 4.78 is 23.8. The highest BCUT2D eigenvalue weighted by molar-refractivity contribution is 5.90. The van der Waals surface area contributed by atoms with Crippen molar-refractivity contribution in [2.75, 3.05) is 26.2 Å². The molecule has 20 N–H and O–H groups in total. The molecule has 4 fully saturated rings. The summed E-state index contributed by atoms with van der Waals surface area (Å²) in [6, 6.07) is -4.74. The molecule has 16 atom stereocenters. The van der Waals surface area contributed by atoms with Crippen molar-refractivity contribution in [3.05, 3.63) is 0 Å². The summed E-state index contributed by atoms with van der Waals surface area (Å²) in [5.74, 6) is -1.17. The molecule has 2 aliphatic heterocycles. The number of aliphatic imine (C=N–C) groups is 1. The minimum atomic E-state index is -1.93. The zero-order valence-electron chi connectivity index (χ0n) is 25.5. The maximum Gasteiger partial charge on any atom is 0.254 e. The molecule has 0 aromatic heterocycles. The lowest BCUT2D eigenvalue weighted by Crippen LogP contribution is -2.69. The highest BCUT2D eigenvalue weighted by atomic mass is 16.7. The molecule has 0 aromatic carbocycles. The summed E-state index contributed by atoms with van der Waals surface area (Å²) in [6.45, 7) is 0.250. The number of carbonyl (C=O) groups is 1. The number of hydrogen-bond donors (Lipinski definition) is 14. The molecule has 46 heavy (non-hydrogen) atoms. The summed E-state index contributed by atoms with van der Waals surface area (Å²) in [4.78, 5) is 17.0. The lowest BCUT2D eigenvalue weighted by molar-refractivity contribution is -0.316. The number of aliphatic hydroxyl groups excluding tert-OH is 5. The van der Waals surface area contributed by atoms with Gasteiger partial charge in [0.1, 0.15) is 36.6 Å². The minimum absolute atomic E-state index is 0.00550. The molecule has 1 amide bonds. The number of carbonyl (C=O) groups excluding carboxylic acids is 1. The van der Waals surface area contributed by atoms with E-state index in [1.807, 2.05) is 0 Å². The molecule has 2 heterocycles. The van der Waals surface area contributed by atoms with E-state index in [1.54, 1.807) is 0 Å². The minimum Gasteiger partial charge on any atom is -0.394 e. The van der Waals surface area contributed by atoms with Gasteiger partial charge in [0.15, 0.2) is 24.1 Å². The van der Waals surface area contributed by atoms with E-state index in [9.17, 15) is 35.4 Å². The van der Waals surface area contributed by atoms with Gasteiger partial charge in [-0.3, -0.25) is 4.79 Å². The van der Waals surface area contributed by atoms with Crippen LogP contribution in [0, 0.1) is 0 Å². The Morgan fingerprint density at radius 1 is 0.935 bits per heavy atom. The molecule has 4 aliphatic rings. The van der Waals surface area contributed by atoms with E-state index in [1.165, 1.54) is 0 Å². The number of hydrogen-bond acceptors (Lipinski definition) is 17. The Kier molecular flexibility index (Phi) is 12.5. The Morgan fingerprint density at radius 2 is 1.61 bits per heavy atom. The smallest absolute Gasteiger partial charge is 0.254 e. The molecule has 2 saturated heterocycles. The number of amides is 1. The molecule has 16 unspecified atom stereocenters. The van der Waals surface area contributed by atoms with Crippen molar-refractivity contribution < 1.29 is 54.4 Å². The maximum atomic E-state index is 13.2. The van der Waals surface area contributed by atoms with Crippen LogP contribution >= 0.6 is 0 Å². The molecule has 2 aliphatic carbocycles. The zero-order valence-corrected chi connectivity index (χ0v) is 25.5. The van der Waals surface area contributed by atoms with E-state index in [2.05, 4.69) is 15.6 Å². The fourth-order valence-corrected chi connectivity index (χ4v) is 6.17. The number of nitrogens with two attached hydrogens (primary N) is 6. The van der Waals surface area contributed by atoms with Gasteiger partial charge < -0.3 is 94.6 Å². The fourth-order valence-electron chi connectivity index (χ4n) is 6.17. The van der Waals surface area contributed by atoms with Crippen LogP contribution in [0.5, 0.6) is 0 Å². The third-order valence-corrected chi connectivity index (χ3v) is 9.03. The first-order valence-electron chi connectivity index (χ1n) is 15.5. The largest absolute Gasteiger partial charge is 0.394 e. The quantitative estimate of drug-likeness (QED) is 0.0493. The molecule has 2 saturated carbocycles. The molecule has 0 bridgehead atoms. The van der Waals surface area contributed by atoms with E-state index in [0.29, 0.717) is 19.5 Å². The van der Waals surface area contributed by atoms with Gasteiger partial charge in [-0.25, -0.2) is 4.99 Å². The van der Waals surface area contributed by atoms with Crippen LogP contribution in [0.4, 0.5) is 0 Å². The molecular formula is C26H51N9O11. The normalized spacial score (nSPS) is 46.0. The van der Waals surface area contributed by atoms with Crippen LogP contribution in [-0.2, 0) is 23.7 Å². The molecule has 0 aromatic rings. The number of nitrogens with one attached hydrogen (secondary N) is 2. The van der Waals surface area contributed by atoms with Crippen molar-refractivity contribution >= 4 is 11.9 Å². The summed E-state index contributed by atoms with van der Waals surface area (Å²) in [5, 5.41) is 69.7. The van der Waals surface area contributed by atoms with E-state index in [-0.39, 0.29) is 31.8 Å². The van der Waals surface area contributed by atoms with Gasteiger partial charge in [-0.2, -0.15) is 0 Å². The van der Waals surface area contributed by atoms with Gasteiger partial charge in [0, 0.05) is 19.0 Å². The average molecular weight is 666 g/mol. The molecule has 4 rings (SSSR count). The highest BCUT2D eigenvalue weighted by Crippen LogP contribution is 2.40. The van der Waals surface area contributed by atoms with Crippen LogP contribution in [0.15, 0.2) is 4.99 Å². The van der Waals surface area contributed by atoms with Crippen molar-refractivity contribution in [1.82, 2.24) is 10.6 Å². The number of nitrogens with zero attached hydrogens (tertiary/aromatic N) is 1. The summed E-state index contributed by atoms with van der Waals surface area (Å²) >= 11 is 0. The Balaban J connectivity index is 1.57. The van der Waals surface area contributed by atoms with Crippen molar-refractivity contribution in [2.24, 2.45) is 39.4 Å². The van der Waals surface area contributed by atoms with Crippen LogP contribution in [0.3, 0.4) is 0 Å². The van der Waals surface area contributed by atoms with Crippen LogP contribution in [0.25, 0.3) is 0 Å². The topological polar surface area (TPSA) is 368 Å². The van der Waals surface area contributed by atoms with Gasteiger partial charge in [0.25, 0.3) is 5.91 Å². The summed E-state index contributed by atoms with van der Waals surface area (Å²) in [7, 11) is 0. The number of rotatable bonds is 13. The Morgan fingerprint density at radius 3 is 2.24 bits per heavy atom. The van der Waals surface area contributed by atoms with Crippen LogP contribution in [0.1, 0.15) is 25.7 Å². The third kappa shape index (κ3) is 8.05. The highest BCUT2D eigenvalue weighted by Gasteiger charge is 2.61. The zero-order chi connectivity index (χ0) is 33.9. The second-order valence-electron chi connectivity index (χ2n) is 12.4. The van der Waals surface area contributed by atoms with Crippen molar-refractivity contribution in [3.8, 4) is 0 Å². The molecule has 266 valence electrons. The van der Waals surface area contributed by atoms with Gasteiger partial charge in [0.2, 0.25) is 0 Å². The first-order valence-corrected chi connectivity index (χ1v) is 15.5. The second kappa shape index (κ2) is 15.6. The van der Waals surface area contributed by atoms with E-state index < -0.39 is 110 Å². The van der Waals surface area contributed by atoms with Crippen LogP contribution in [-0.4, -0.2) is 166 Å². The lowest BCUT2D eigenvalue weighted by atomic mass is 9.83. The van der Waals surface area contributed by atoms with Gasteiger partial charge >= 0.3 is 0 Å². The SMILES string of the molecule is NCCCNC1CC(O)C(CN)OC1OC1C(N)CC(NC(=O)C2(O)CC2N=C(N)N)C(OC2OC(CO)C(O)C(N)C2O)C1O. The number of ether oxygens (including phenoxy) is 4. The first kappa shape index (κ1) is 37.0. The van der Waals surface area contributed by atoms with Crippen molar-refractivity contribution in [3.63, 3.8) is 0 Å². The Labute approximate surface area is 265 Å². The van der Waals surface area contributed by atoms with Crippen molar-refractivity contribution in [2.45, 2.75) is 123 Å². The standard InChI is InChI=1S/C26H51N9O11/c27-2-1-3-33-11-5-12(37)13(7-28)43-22(11)45-20-9(29)4-10(34-24(41)26(42)6-15(26)35-25(31)32)21(19(20)40)46-23-18(39)16(30)17(38)14(8-36)44-23/h9-23,33,36-40,42H,1-8,27-30H2,(H,34,41)(H4,31,32,35). The Hall–Kier alpha value is -1.86. The molecule has 20 heteroatoms. The predicted octanol–water partition coefficient (Wildman–Crippen LogP) is -8.38. The average Bonchev–Trinajstić information content (AvgIpc) is 3.67. The summed E-state index contributed by atoms with van der Waals surface area (Å²) in [5.41, 5.74) is 32.7. The van der Waals surface area contributed by atoms with Crippen LogP contribution in [0.2, 0.25) is 0 Å². The van der Waals surface area contributed by atoms with E-state index in [4.69, 9.17) is 53.3 Å². The van der Waals surface area contributed by atoms with Gasteiger partial charge in [-0.1, -0.05) is 0 Å². The van der Waals surface area contributed by atoms with Gasteiger partial charge in [-0.05, 0) is 32.4 Å². The van der Waals surface area contributed by atoms with Crippen LogP contribution < -0.4 is 45.0 Å². The van der Waals surface area contributed by atoms with Gasteiger partial charge in [-0.15, -0.1) is 0 Å². The molecule has 0 radical (unpaired) electrons. The monoisotopic (exact) mass is 665 g/mol. The predicted molar refractivity (Wildman–Crippen MR) is 159 cm³/mol. The van der Waals surface area contributed by atoms with E-state index in [0.717, 1.165) is 0 Å². The summed E-state index contributed by atoms with van der Waals surface area (Å²) in [6.07, 6.45) is -12.0. The number of guanidine groups is 1. The Bertz CT molecular complexity index is 1050. The molecule has 0 spiro atoms. The number of aliphatic hydroxyl groups is 6. The second-order valence-corrected chi connectivity index (χ2v) is 12.4. The van der Waals surface area contributed by atoms with Gasteiger partial charge in [0.05, 0.1) is 43.0 Å².